The number of benzene rings is 1. The van der Waals surface area contributed by atoms with Crippen molar-refractivity contribution in [2.75, 3.05) is 18.0 Å². The molecule has 1 aliphatic rings. The average Bonchev–Trinajstić information content (AvgIpc) is 2.96. The Morgan fingerprint density at radius 1 is 1.30 bits per heavy atom. The highest BCUT2D eigenvalue weighted by Crippen LogP contribution is 2.27. The van der Waals surface area contributed by atoms with E-state index in [1.807, 2.05) is 12.1 Å². The molecule has 2 atom stereocenters. The second kappa shape index (κ2) is 7.04. The first kappa shape index (κ1) is 16.5. The third kappa shape index (κ3) is 3.94. The van der Waals surface area contributed by atoms with Crippen molar-refractivity contribution < 1.29 is 4.39 Å². The summed E-state index contributed by atoms with van der Waals surface area (Å²) in [6.45, 7) is 3.88. The first-order valence-corrected chi connectivity index (χ1v) is 8.36. The van der Waals surface area contributed by atoms with Crippen LogP contribution in [0.2, 0.25) is 10.0 Å². The van der Waals surface area contributed by atoms with Gasteiger partial charge in [0.25, 0.3) is 0 Å². The number of anilines is 1. The van der Waals surface area contributed by atoms with Gasteiger partial charge < -0.3 is 10.2 Å². The van der Waals surface area contributed by atoms with Crippen LogP contribution in [0.15, 0.2) is 36.5 Å². The van der Waals surface area contributed by atoms with Gasteiger partial charge in [-0.05, 0) is 43.2 Å². The van der Waals surface area contributed by atoms with Gasteiger partial charge in [0, 0.05) is 35.2 Å². The van der Waals surface area contributed by atoms with Crippen LogP contribution in [0.25, 0.3) is 0 Å². The predicted octanol–water partition coefficient (Wildman–Crippen LogP) is 4.46. The van der Waals surface area contributed by atoms with Crippen molar-refractivity contribution >= 4 is 28.9 Å². The molecule has 3 nitrogen and oxygen atoms in total. The monoisotopic (exact) mass is 353 g/mol. The smallest absolute Gasteiger partial charge is 0.212 e. The summed E-state index contributed by atoms with van der Waals surface area (Å²) >= 11 is 12.2. The zero-order valence-corrected chi connectivity index (χ0v) is 14.3. The van der Waals surface area contributed by atoms with Gasteiger partial charge in [-0.25, -0.2) is 4.98 Å². The molecule has 6 heteroatoms. The highest BCUT2D eigenvalue weighted by molar-refractivity contribution is 6.35. The summed E-state index contributed by atoms with van der Waals surface area (Å²) in [4.78, 5) is 5.93. The lowest BCUT2D eigenvalue weighted by molar-refractivity contribution is 0.481. The zero-order valence-electron chi connectivity index (χ0n) is 12.8. The van der Waals surface area contributed by atoms with Crippen LogP contribution < -0.4 is 10.2 Å². The number of nitrogens with one attached hydrogen (secondary N) is 1. The van der Waals surface area contributed by atoms with E-state index in [0.29, 0.717) is 16.1 Å². The summed E-state index contributed by atoms with van der Waals surface area (Å²) in [7, 11) is 0. The highest BCUT2D eigenvalue weighted by atomic mass is 35.5. The minimum absolute atomic E-state index is 0.135. The van der Waals surface area contributed by atoms with Gasteiger partial charge in [-0.15, -0.1) is 0 Å². The van der Waals surface area contributed by atoms with Crippen molar-refractivity contribution in [3.63, 3.8) is 0 Å². The molecule has 0 radical (unpaired) electrons. The van der Waals surface area contributed by atoms with Crippen LogP contribution in [0.4, 0.5) is 10.1 Å². The number of hydrogen-bond donors (Lipinski definition) is 1. The second-order valence-corrected chi connectivity index (χ2v) is 6.67. The van der Waals surface area contributed by atoms with Crippen LogP contribution in [0.5, 0.6) is 0 Å². The Labute approximate surface area is 145 Å². The molecule has 1 unspecified atom stereocenters. The predicted molar refractivity (Wildman–Crippen MR) is 92.8 cm³/mol. The molecule has 1 aromatic heterocycles. The molecule has 1 fully saturated rings. The number of aromatic nitrogens is 1. The van der Waals surface area contributed by atoms with Gasteiger partial charge in [0.2, 0.25) is 5.95 Å². The Bertz CT molecular complexity index is 678. The molecule has 0 aliphatic carbocycles. The lowest BCUT2D eigenvalue weighted by Crippen LogP contribution is -2.34. The Morgan fingerprint density at radius 2 is 2.13 bits per heavy atom. The van der Waals surface area contributed by atoms with Crippen molar-refractivity contribution in [2.45, 2.75) is 25.4 Å². The molecule has 1 saturated heterocycles. The maximum Gasteiger partial charge on any atom is 0.212 e. The molecule has 0 spiro atoms. The van der Waals surface area contributed by atoms with E-state index in [2.05, 4.69) is 22.1 Å². The minimum Gasteiger partial charge on any atom is -0.369 e. The summed E-state index contributed by atoms with van der Waals surface area (Å²) in [6, 6.07) is 9.22. The van der Waals surface area contributed by atoms with E-state index < -0.39 is 5.95 Å². The zero-order chi connectivity index (χ0) is 16.4. The SMILES string of the molecule is CC(N[C@H]1CCN(c2ccc(F)nc2)C1)c1ccc(Cl)cc1Cl. The Hall–Kier alpha value is -1.36. The molecule has 122 valence electrons. The molecule has 2 aromatic rings. The van der Waals surface area contributed by atoms with Crippen LogP contribution >= 0.6 is 23.2 Å². The standard InChI is InChI=1S/C17H18Cl2FN3/c1-11(15-4-2-12(18)8-16(15)19)22-13-6-7-23(10-13)14-3-5-17(20)21-9-14/h2-5,8-9,11,13,22H,6-7,10H2,1H3/t11?,13-/m0/s1. The third-order valence-electron chi connectivity index (χ3n) is 4.18. The minimum atomic E-state index is -0.450. The lowest BCUT2D eigenvalue weighted by atomic mass is 10.1. The summed E-state index contributed by atoms with van der Waals surface area (Å²) < 4.78 is 12.9. The molecule has 0 bridgehead atoms. The van der Waals surface area contributed by atoms with Crippen LogP contribution in [0.3, 0.4) is 0 Å². The van der Waals surface area contributed by atoms with Gasteiger partial charge in [-0.3, -0.25) is 0 Å². The molecule has 23 heavy (non-hydrogen) atoms. The van der Waals surface area contributed by atoms with E-state index in [-0.39, 0.29) is 6.04 Å². The van der Waals surface area contributed by atoms with Gasteiger partial charge >= 0.3 is 0 Å². The van der Waals surface area contributed by atoms with Crippen molar-refractivity contribution in [2.24, 2.45) is 0 Å². The highest BCUT2D eigenvalue weighted by Gasteiger charge is 2.25. The third-order valence-corrected chi connectivity index (χ3v) is 4.74. The first-order chi connectivity index (χ1) is 11.0. The summed E-state index contributed by atoms with van der Waals surface area (Å²) in [6.07, 6.45) is 2.60. The van der Waals surface area contributed by atoms with Gasteiger partial charge in [-0.1, -0.05) is 29.3 Å². The summed E-state index contributed by atoms with van der Waals surface area (Å²) in [5, 5.41) is 4.92. The Balaban J connectivity index is 1.62. The van der Waals surface area contributed by atoms with E-state index in [4.69, 9.17) is 23.2 Å². The van der Waals surface area contributed by atoms with E-state index in [1.165, 1.54) is 6.07 Å². The molecule has 0 amide bonds. The normalized spacial score (nSPS) is 19.1. The summed E-state index contributed by atoms with van der Waals surface area (Å²) in [5.74, 6) is -0.450. The molecule has 1 aliphatic heterocycles. The fourth-order valence-corrected chi connectivity index (χ4v) is 3.55. The van der Waals surface area contributed by atoms with E-state index in [9.17, 15) is 4.39 Å². The number of pyridine rings is 1. The van der Waals surface area contributed by atoms with Gasteiger partial charge in [0.15, 0.2) is 0 Å². The van der Waals surface area contributed by atoms with Crippen molar-refractivity contribution in [1.82, 2.24) is 10.3 Å². The fourth-order valence-electron chi connectivity index (χ4n) is 2.98. The maximum absolute atomic E-state index is 12.9. The maximum atomic E-state index is 12.9. The quantitative estimate of drug-likeness (QED) is 0.822. The molecule has 1 aromatic carbocycles. The lowest BCUT2D eigenvalue weighted by Gasteiger charge is -2.22. The van der Waals surface area contributed by atoms with E-state index in [1.54, 1.807) is 18.3 Å². The van der Waals surface area contributed by atoms with Crippen LogP contribution in [-0.4, -0.2) is 24.1 Å². The average molecular weight is 354 g/mol. The van der Waals surface area contributed by atoms with Crippen LogP contribution in [0.1, 0.15) is 24.9 Å². The molecule has 2 heterocycles. The van der Waals surface area contributed by atoms with Crippen molar-refractivity contribution in [3.8, 4) is 0 Å². The largest absolute Gasteiger partial charge is 0.369 e. The summed E-state index contributed by atoms with van der Waals surface area (Å²) in [5.41, 5.74) is 1.99. The number of hydrogen-bond acceptors (Lipinski definition) is 3. The number of halogens is 3. The molecular weight excluding hydrogens is 336 g/mol. The first-order valence-electron chi connectivity index (χ1n) is 7.60. The van der Waals surface area contributed by atoms with Crippen molar-refractivity contribution in [1.29, 1.82) is 0 Å². The van der Waals surface area contributed by atoms with E-state index in [0.717, 1.165) is 30.8 Å². The Kier molecular flexibility index (Phi) is 5.05. The number of nitrogens with zero attached hydrogens (tertiary/aromatic N) is 2. The van der Waals surface area contributed by atoms with Crippen LogP contribution in [0, 0.1) is 5.95 Å². The molecule has 3 rings (SSSR count). The fraction of sp³-hybridized carbons (Fsp3) is 0.353. The van der Waals surface area contributed by atoms with E-state index >= 15 is 0 Å². The topological polar surface area (TPSA) is 28.2 Å². The molecular formula is C17H18Cl2FN3. The van der Waals surface area contributed by atoms with Gasteiger partial charge in [-0.2, -0.15) is 4.39 Å². The van der Waals surface area contributed by atoms with Gasteiger partial charge in [0.05, 0.1) is 11.9 Å². The molecule has 1 N–H and O–H groups in total. The van der Waals surface area contributed by atoms with Crippen LogP contribution in [-0.2, 0) is 0 Å². The second-order valence-electron chi connectivity index (χ2n) is 5.82. The number of rotatable bonds is 4. The molecule has 0 saturated carbocycles. The van der Waals surface area contributed by atoms with Crippen molar-refractivity contribution in [3.05, 3.63) is 58.1 Å². The Morgan fingerprint density at radius 3 is 2.83 bits per heavy atom. The van der Waals surface area contributed by atoms with Gasteiger partial charge in [0.1, 0.15) is 0 Å².